The van der Waals surface area contributed by atoms with E-state index >= 15 is 0 Å². The van der Waals surface area contributed by atoms with Crippen LogP contribution in [0.15, 0.2) is 0 Å². The predicted molar refractivity (Wildman–Crippen MR) is 54.4 cm³/mol. The Labute approximate surface area is 76.9 Å². The minimum atomic E-state index is 0.769. The zero-order chi connectivity index (χ0) is 8.81. The van der Waals surface area contributed by atoms with Crippen LogP contribution in [-0.4, -0.2) is 12.1 Å². The number of hydrogen-bond acceptors (Lipinski definition) is 1. The lowest BCUT2D eigenvalue weighted by Gasteiger charge is -2.28. The third-order valence-corrected chi connectivity index (χ3v) is 2.87. The van der Waals surface area contributed by atoms with Crippen LogP contribution in [0.2, 0.25) is 0 Å². The van der Waals surface area contributed by atoms with Gasteiger partial charge in [-0.25, -0.2) is 0 Å². The maximum Gasteiger partial charge on any atom is 0.00695 e. The summed E-state index contributed by atoms with van der Waals surface area (Å²) in [4.78, 5) is 0. The van der Waals surface area contributed by atoms with E-state index < -0.39 is 0 Å². The van der Waals surface area contributed by atoms with Crippen LogP contribution in [-0.2, 0) is 0 Å². The summed E-state index contributed by atoms with van der Waals surface area (Å²) in [6.45, 7) is 4.59. The molecule has 1 saturated heterocycles. The molecular formula is C11H23N. The molecule has 0 aliphatic carbocycles. The second-order valence-electron chi connectivity index (χ2n) is 4.19. The van der Waals surface area contributed by atoms with Crippen molar-refractivity contribution in [2.75, 3.05) is 0 Å². The third-order valence-electron chi connectivity index (χ3n) is 2.87. The predicted octanol–water partition coefficient (Wildman–Crippen LogP) is 3.10. The largest absolute Gasteiger partial charge is 0.312 e. The summed E-state index contributed by atoms with van der Waals surface area (Å²) in [7, 11) is 0. The fourth-order valence-corrected chi connectivity index (χ4v) is 2.11. The molecule has 72 valence electrons. The van der Waals surface area contributed by atoms with Gasteiger partial charge < -0.3 is 5.32 Å². The van der Waals surface area contributed by atoms with Gasteiger partial charge in [0.25, 0.3) is 0 Å². The summed E-state index contributed by atoms with van der Waals surface area (Å²) in [5.41, 5.74) is 0. The Bertz CT molecular complexity index is 112. The highest BCUT2D eigenvalue weighted by molar-refractivity contribution is 4.77. The minimum absolute atomic E-state index is 0.769. The molecular weight excluding hydrogens is 146 g/mol. The van der Waals surface area contributed by atoms with E-state index in [0.29, 0.717) is 0 Å². The molecule has 0 aromatic carbocycles. The smallest absolute Gasteiger partial charge is 0.00695 e. The summed E-state index contributed by atoms with van der Waals surface area (Å²) in [6.07, 6.45) is 9.80. The van der Waals surface area contributed by atoms with Crippen LogP contribution in [0.5, 0.6) is 0 Å². The average Bonchev–Trinajstić information content (AvgIpc) is 2.05. The molecule has 0 aromatic rings. The Morgan fingerprint density at radius 1 is 1.25 bits per heavy atom. The Morgan fingerprint density at radius 3 is 2.75 bits per heavy atom. The van der Waals surface area contributed by atoms with Crippen molar-refractivity contribution in [3.63, 3.8) is 0 Å². The molecule has 1 rings (SSSR count). The molecule has 1 aliphatic heterocycles. The van der Waals surface area contributed by atoms with Gasteiger partial charge in [-0.3, -0.25) is 0 Å². The molecule has 12 heavy (non-hydrogen) atoms. The maximum atomic E-state index is 3.68. The summed E-state index contributed by atoms with van der Waals surface area (Å²) in [6, 6.07) is 1.60. The van der Waals surface area contributed by atoms with Crippen LogP contribution >= 0.6 is 0 Å². The molecule has 0 radical (unpaired) electrons. The standard InChI is InChI=1S/C11H23N/c1-3-4-5-8-11-9-6-7-10(2)12-11/h10-12H,3-9H2,1-2H3/t10-,11-/m0/s1. The second-order valence-corrected chi connectivity index (χ2v) is 4.19. The van der Waals surface area contributed by atoms with Crippen molar-refractivity contribution in [1.29, 1.82) is 0 Å². The molecule has 2 atom stereocenters. The van der Waals surface area contributed by atoms with E-state index in [9.17, 15) is 0 Å². The first-order valence-electron chi connectivity index (χ1n) is 5.59. The Hall–Kier alpha value is -0.0400. The van der Waals surface area contributed by atoms with Crippen LogP contribution in [0.25, 0.3) is 0 Å². The number of hydrogen-bond donors (Lipinski definition) is 1. The summed E-state index contributed by atoms with van der Waals surface area (Å²) >= 11 is 0. The lowest BCUT2D eigenvalue weighted by molar-refractivity contribution is 0.315. The lowest BCUT2D eigenvalue weighted by Crippen LogP contribution is -2.40. The highest BCUT2D eigenvalue weighted by Gasteiger charge is 2.16. The molecule has 1 nitrogen and oxygen atoms in total. The van der Waals surface area contributed by atoms with Gasteiger partial charge in [-0.05, 0) is 26.2 Å². The molecule has 0 unspecified atom stereocenters. The molecule has 1 aliphatic rings. The highest BCUT2D eigenvalue weighted by atomic mass is 15.0. The van der Waals surface area contributed by atoms with Gasteiger partial charge in [0, 0.05) is 12.1 Å². The first kappa shape index (κ1) is 10.0. The van der Waals surface area contributed by atoms with E-state index in [-0.39, 0.29) is 0 Å². The van der Waals surface area contributed by atoms with Crippen molar-refractivity contribution in [1.82, 2.24) is 5.32 Å². The maximum absolute atomic E-state index is 3.68. The van der Waals surface area contributed by atoms with Crippen molar-refractivity contribution in [2.24, 2.45) is 0 Å². The number of piperidine rings is 1. The van der Waals surface area contributed by atoms with Crippen molar-refractivity contribution in [3.8, 4) is 0 Å². The Balaban J connectivity index is 2.06. The first-order valence-corrected chi connectivity index (χ1v) is 5.59. The SMILES string of the molecule is CCCCC[C@H]1CCC[C@H](C)N1. The molecule has 1 N–H and O–H groups in total. The van der Waals surface area contributed by atoms with Gasteiger partial charge in [0.1, 0.15) is 0 Å². The molecule has 0 bridgehead atoms. The third kappa shape index (κ3) is 3.57. The van der Waals surface area contributed by atoms with E-state index in [0.717, 1.165) is 12.1 Å². The second kappa shape index (κ2) is 5.58. The number of unbranched alkanes of at least 4 members (excludes halogenated alkanes) is 2. The molecule has 0 spiro atoms. The van der Waals surface area contributed by atoms with Gasteiger partial charge in [-0.1, -0.05) is 32.6 Å². The van der Waals surface area contributed by atoms with Gasteiger partial charge in [0.2, 0.25) is 0 Å². The first-order chi connectivity index (χ1) is 5.83. The van der Waals surface area contributed by atoms with Crippen LogP contribution in [0, 0.1) is 0 Å². The zero-order valence-electron chi connectivity index (χ0n) is 8.60. The quantitative estimate of drug-likeness (QED) is 0.638. The van der Waals surface area contributed by atoms with Gasteiger partial charge in [-0.2, -0.15) is 0 Å². The zero-order valence-corrected chi connectivity index (χ0v) is 8.60. The van der Waals surface area contributed by atoms with E-state index in [1.54, 1.807) is 0 Å². The fraction of sp³-hybridized carbons (Fsp3) is 1.00. The van der Waals surface area contributed by atoms with Gasteiger partial charge >= 0.3 is 0 Å². The average molecular weight is 169 g/mol. The Morgan fingerprint density at radius 2 is 2.08 bits per heavy atom. The number of nitrogens with one attached hydrogen (secondary N) is 1. The molecule has 1 heteroatoms. The molecule has 0 saturated carbocycles. The van der Waals surface area contributed by atoms with Crippen molar-refractivity contribution < 1.29 is 0 Å². The van der Waals surface area contributed by atoms with Crippen LogP contribution in [0.3, 0.4) is 0 Å². The van der Waals surface area contributed by atoms with Crippen LogP contribution in [0.1, 0.15) is 58.8 Å². The normalized spacial score (nSPS) is 30.5. The van der Waals surface area contributed by atoms with Gasteiger partial charge in [0.05, 0.1) is 0 Å². The molecule has 1 fully saturated rings. The van der Waals surface area contributed by atoms with Gasteiger partial charge in [0.15, 0.2) is 0 Å². The fourth-order valence-electron chi connectivity index (χ4n) is 2.11. The van der Waals surface area contributed by atoms with Crippen LogP contribution in [0.4, 0.5) is 0 Å². The van der Waals surface area contributed by atoms with Crippen LogP contribution < -0.4 is 5.32 Å². The van der Waals surface area contributed by atoms with Gasteiger partial charge in [-0.15, -0.1) is 0 Å². The summed E-state index contributed by atoms with van der Waals surface area (Å²) in [5.74, 6) is 0. The Kier molecular flexibility index (Phi) is 4.67. The summed E-state index contributed by atoms with van der Waals surface area (Å²) in [5, 5.41) is 3.68. The lowest BCUT2D eigenvalue weighted by atomic mass is 9.96. The highest BCUT2D eigenvalue weighted by Crippen LogP contribution is 2.16. The summed E-state index contributed by atoms with van der Waals surface area (Å²) < 4.78 is 0. The molecule has 0 aromatic heterocycles. The van der Waals surface area contributed by atoms with Crippen molar-refractivity contribution >= 4 is 0 Å². The minimum Gasteiger partial charge on any atom is -0.312 e. The van der Waals surface area contributed by atoms with Crippen molar-refractivity contribution in [3.05, 3.63) is 0 Å². The van der Waals surface area contributed by atoms with E-state index in [2.05, 4.69) is 19.2 Å². The van der Waals surface area contributed by atoms with E-state index in [1.165, 1.54) is 44.9 Å². The van der Waals surface area contributed by atoms with Crippen molar-refractivity contribution in [2.45, 2.75) is 70.9 Å². The van der Waals surface area contributed by atoms with E-state index in [4.69, 9.17) is 0 Å². The molecule has 1 heterocycles. The topological polar surface area (TPSA) is 12.0 Å². The van der Waals surface area contributed by atoms with E-state index in [1.807, 2.05) is 0 Å². The molecule has 0 amide bonds. The number of rotatable bonds is 4. The monoisotopic (exact) mass is 169 g/mol.